The van der Waals surface area contributed by atoms with Gasteiger partial charge in [0.05, 0.1) is 28.3 Å². The first-order valence-corrected chi connectivity index (χ1v) is 10.7. The first-order valence-electron chi connectivity index (χ1n) is 10.7. The average Bonchev–Trinajstić information content (AvgIpc) is 3.31. The summed E-state index contributed by atoms with van der Waals surface area (Å²) in [5.74, 6) is -1.33. The summed E-state index contributed by atoms with van der Waals surface area (Å²) in [5.41, 5.74) is 0.795. The molecule has 2 aliphatic heterocycles. The summed E-state index contributed by atoms with van der Waals surface area (Å²) in [6, 6.07) is 10.1. The highest BCUT2D eigenvalue weighted by molar-refractivity contribution is 6.10. The van der Waals surface area contributed by atoms with Crippen LogP contribution >= 0.6 is 0 Å². The van der Waals surface area contributed by atoms with Crippen molar-refractivity contribution < 1.29 is 27.6 Å². The molecule has 0 radical (unpaired) electrons. The van der Waals surface area contributed by atoms with Crippen LogP contribution in [0.1, 0.15) is 31.2 Å². The van der Waals surface area contributed by atoms with Crippen LogP contribution in [0, 0.1) is 0 Å². The average molecular weight is 460 g/mol. The number of nitrogens with one attached hydrogen (secondary N) is 2. The predicted molar refractivity (Wildman–Crippen MR) is 118 cm³/mol. The van der Waals surface area contributed by atoms with Gasteiger partial charge in [0.25, 0.3) is 0 Å². The molecule has 0 atom stereocenters. The van der Waals surface area contributed by atoms with Gasteiger partial charge in [0.2, 0.25) is 17.7 Å². The minimum absolute atomic E-state index is 0.0758. The van der Waals surface area contributed by atoms with E-state index in [1.54, 1.807) is 24.3 Å². The lowest BCUT2D eigenvalue weighted by molar-refractivity contribution is -0.137. The van der Waals surface area contributed by atoms with Crippen LogP contribution < -0.4 is 20.4 Å². The molecule has 2 aromatic carbocycles. The highest BCUT2D eigenvalue weighted by Gasteiger charge is 2.32. The van der Waals surface area contributed by atoms with Crippen molar-refractivity contribution in [3.05, 3.63) is 48.0 Å². The summed E-state index contributed by atoms with van der Waals surface area (Å²) in [6.45, 7) is 1.23. The van der Waals surface area contributed by atoms with Crippen LogP contribution in [0.25, 0.3) is 0 Å². The number of hydrogen-bond donors (Lipinski definition) is 2. The van der Waals surface area contributed by atoms with E-state index in [4.69, 9.17) is 0 Å². The molecule has 0 unspecified atom stereocenters. The van der Waals surface area contributed by atoms with Crippen molar-refractivity contribution in [3.8, 4) is 0 Å². The van der Waals surface area contributed by atoms with E-state index in [0.717, 1.165) is 25.0 Å². The molecule has 1 fully saturated rings. The monoisotopic (exact) mass is 460 g/mol. The quantitative estimate of drug-likeness (QED) is 0.707. The molecule has 2 heterocycles. The molecule has 4 rings (SSSR count). The Bertz CT molecular complexity index is 1080. The topological polar surface area (TPSA) is 81.8 Å². The molecule has 0 aliphatic carbocycles. The fourth-order valence-corrected chi connectivity index (χ4v) is 4.07. The Labute approximate surface area is 188 Å². The SMILES string of the molecule is O=C(CCC(=O)N1CC(=O)Nc2ccccc21)Nc1cc(C(F)(F)F)ccc1N1CCCC1. The number of nitrogens with zero attached hydrogens (tertiary/aromatic N) is 2. The molecule has 2 aromatic rings. The van der Waals surface area contributed by atoms with Gasteiger partial charge in [-0.1, -0.05) is 12.1 Å². The van der Waals surface area contributed by atoms with E-state index in [-0.39, 0.29) is 31.0 Å². The van der Waals surface area contributed by atoms with E-state index in [1.807, 2.05) is 4.90 Å². The van der Waals surface area contributed by atoms with E-state index in [9.17, 15) is 27.6 Å². The van der Waals surface area contributed by atoms with Crippen molar-refractivity contribution in [2.45, 2.75) is 31.9 Å². The minimum atomic E-state index is -4.54. The smallest absolute Gasteiger partial charge is 0.370 e. The zero-order valence-electron chi connectivity index (χ0n) is 17.7. The van der Waals surface area contributed by atoms with Gasteiger partial charge in [0.1, 0.15) is 6.54 Å². The Morgan fingerprint density at radius 3 is 2.45 bits per heavy atom. The zero-order chi connectivity index (χ0) is 23.6. The van der Waals surface area contributed by atoms with Crippen LogP contribution in [0.5, 0.6) is 0 Å². The van der Waals surface area contributed by atoms with E-state index in [1.165, 1.54) is 11.0 Å². The van der Waals surface area contributed by atoms with Crippen molar-refractivity contribution >= 4 is 40.5 Å². The van der Waals surface area contributed by atoms with Gasteiger partial charge in [-0.25, -0.2) is 0 Å². The van der Waals surface area contributed by atoms with Crippen LogP contribution in [-0.2, 0) is 20.6 Å². The number of halogens is 3. The molecule has 1 saturated heterocycles. The molecule has 0 bridgehead atoms. The van der Waals surface area contributed by atoms with E-state index >= 15 is 0 Å². The molecule has 174 valence electrons. The fraction of sp³-hybridized carbons (Fsp3) is 0.348. The summed E-state index contributed by atoms with van der Waals surface area (Å²) in [4.78, 5) is 40.5. The number of carbonyl (C=O) groups excluding carboxylic acids is 3. The van der Waals surface area contributed by atoms with Crippen LogP contribution in [0.3, 0.4) is 0 Å². The van der Waals surface area contributed by atoms with Crippen LogP contribution in [0.15, 0.2) is 42.5 Å². The maximum Gasteiger partial charge on any atom is 0.416 e. The molecule has 33 heavy (non-hydrogen) atoms. The molecule has 2 aliphatic rings. The third-order valence-electron chi connectivity index (χ3n) is 5.68. The van der Waals surface area contributed by atoms with Crippen molar-refractivity contribution in [3.63, 3.8) is 0 Å². The van der Waals surface area contributed by atoms with E-state index < -0.39 is 23.6 Å². The largest absolute Gasteiger partial charge is 0.416 e. The van der Waals surface area contributed by atoms with Crippen molar-refractivity contribution in [2.75, 3.05) is 40.1 Å². The molecule has 0 spiro atoms. The van der Waals surface area contributed by atoms with Gasteiger partial charge in [0.15, 0.2) is 0 Å². The lowest BCUT2D eigenvalue weighted by Crippen LogP contribution is -2.42. The molecular weight excluding hydrogens is 437 g/mol. The summed E-state index contributed by atoms with van der Waals surface area (Å²) >= 11 is 0. The Balaban J connectivity index is 1.46. The number of carbonyl (C=O) groups is 3. The first kappa shape index (κ1) is 22.6. The summed E-state index contributed by atoms with van der Waals surface area (Å²) < 4.78 is 39.7. The van der Waals surface area contributed by atoms with Gasteiger partial charge in [0, 0.05) is 25.9 Å². The Kier molecular flexibility index (Phi) is 6.26. The van der Waals surface area contributed by atoms with E-state index in [0.29, 0.717) is 30.2 Å². The summed E-state index contributed by atoms with van der Waals surface area (Å²) in [7, 11) is 0. The van der Waals surface area contributed by atoms with Crippen molar-refractivity contribution in [1.82, 2.24) is 0 Å². The van der Waals surface area contributed by atoms with Gasteiger partial charge in [-0.2, -0.15) is 13.2 Å². The predicted octanol–water partition coefficient (Wildman–Crippen LogP) is 4.01. The maximum atomic E-state index is 13.2. The molecule has 0 saturated carbocycles. The number of alkyl halides is 3. The van der Waals surface area contributed by atoms with Gasteiger partial charge >= 0.3 is 6.18 Å². The molecule has 7 nitrogen and oxygen atoms in total. The van der Waals surface area contributed by atoms with Gasteiger partial charge in [-0.15, -0.1) is 0 Å². The Hall–Kier alpha value is -3.56. The maximum absolute atomic E-state index is 13.2. The number of hydrogen-bond acceptors (Lipinski definition) is 4. The number of benzene rings is 2. The Morgan fingerprint density at radius 1 is 1.00 bits per heavy atom. The molecule has 10 heteroatoms. The second-order valence-corrected chi connectivity index (χ2v) is 8.02. The van der Waals surface area contributed by atoms with Crippen molar-refractivity contribution in [1.29, 1.82) is 0 Å². The third-order valence-corrected chi connectivity index (χ3v) is 5.68. The lowest BCUT2D eigenvalue weighted by atomic mass is 10.1. The normalized spacial score (nSPS) is 15.8. The second-order valence-electron chi connectivity index (χ2n) is 8.02. The number of rotatable bonds is 5. The molecule has 3 amide bonds. The zero-order valence-corrected chi connectivity index (χ0v) is 17.7. The molecule has 0 aromatic heterocycles. The second kappa shape index (κ2) is 9.13. The molecule has 2 N–H and O–H groups in total. The van der Waals surface area contributed by atoms with Gasteiger partial charge in [-0.05, 0) is 43.2 Å². The summed E-state index contributed by atoms with van der Waals surface area (Å²) in [5, 5.41) is 5.24. The van der Waals surface area contributed by atoms with Gasteiger partial charge < -0.3 is 20.4 Å². The fourth-order valence-electron chi connectivity index (χ4n) is 4.07. The number of anilines is 4. The van der Waals surface area contributed by atoms with Crippen LogP contribution in [-0.4, -0.2) is 37.4 Å². The van der Waals surface area contributed by atoms with Crippen LogP contribution in [0.4, 0.5) is 35.9 Å². The Morgan fingerprint density at radius 2 is 1.73 bits per heavy atom. The third kappa shape index (κ3) is 5.10. The first-order chi connectivity index (χ1) is 15.7. The van der Waals surface area contributed by atoms with Crippen molar-refractivity contribution in [2.24, 2.45) is 0 Å². The van der Waals surface area contributed by atoms with E-state index in [2.05, 4.69) is 10.6 Å². The highest BCUT2D eigenvalue weighted by Crippen LogP contribution is 2.36. The lowest BCUT2D eigenvalue weighted by Gasteiger charge is -2.29. The molecular formula is C23H23F3N4O3. The number of amides is 3. The van der Waals surface area contributed by atoms with Crippen LogP contribution in [0.2, 0.25) is 0 Å². The summed E-state index contributed by atoms with van der Waals surface area (Å²) in [6.07, 6.45) is -3.11. The number of fused-ring (bicyclic) bond motifs is 1. The standard InChI is InChI=1S/C23H23F3N4O3/c24-23(25,26)15-7-8-18(29-11-3-4-12-29)17(13-15)28-20(31)9-10-22(33)30-14-21(32)27-16-5-1-2-6-19(16)30/h1-2,5-8,13H,3-4,9-12,14H2,(H,27,32)(H,28,31). The van der Waals surface area contributed by atoms with Gasteiger partial charge in [-0.3, -0.25) is 14.4 Å². The highest BCUT2D eigenvalue weighted by atomic mass is 19.4. The number of para-hydroxylation sites is 2. The minimum Gasteiger partial charge on any atom is -0.370 e.